The number of halogens is 2. The molecule has 1 aromatic carbocycles. The van der Waals surface area contributed by atoms with Gasteiger partial charge in [0.15, 0.2) is 0 Å². The lowest BCUT2D eigenvalue weighted by atomic mass is 9.80. The maximum absolute atomic E-state index is 14.5. The summed E-state index contributed by atoms with van der Waals surface area (Å²) in [5.74, 6) is -0.631. The third-order valence-electron chi connectivity index (χ3n) is 4.10. The average molecular weight is 313 g/mol. The van der Waals surface area contributed by atoms with Crippen molar-refractivity contribution in [2.75, 3.05) is 6.61 Å². The quantitative estimate of drug-likeness (QED) is 0.598. The molecule has 0 saturated heterocycles. The van der Waals surface area contributed by atoms with Crippen molar-refractivity contribution in [3.63, 3.8) is 0 Å². The Bertz CT molecular complexity index is 499. The zero-order valence-electron chi connectivity index (χ0n) is 12.7. The second-order valence-electron chi connectivity index (χ2n) is 5.78. The molecule has 21 heavy (non-hydrogen) atoms. The van der Waals surface area contributed by atoms with Gasteiger partial charge in [-0.3, -0.25) is 4.79 Å². The average Bonchev–Trinajstić information content (AvgIpc) is 2.38. The summed E-state index contributed by atoms with van der Waals surface area (Å²) in [4.78, 5) is 10.9. The Morgan fingerprint density at radius 3 is 2.57 bits per heavy atom. The molecule has 1 saturated carbocycles. The molecule has 0 radical (unpaired) electrons. The SMILES string of the molecule is CCOC(=O)Cc1cc(C)c(C2(Cl)CCCCC2)c(F)c1. The Morgan fingerprint density at radius 2 is 2.00 bits per heavy atom. The molecular formula is C17H22ClFO2. The molecule has 0 aromatic heterocycles. The number of carbonyl (C=O) groups is 1. The Hall–Kier alpha value is -1.09. The topological polar surface area (TPSA) is 26.3 Å². The van der Waals surface area contributed by atoms with E-state index in [1.54, 1.807) is 6.92 Å². The van der Waals surface area contributed by atoms with E-state index in [-0.39, 0.29) is 18.2 Å². The Balaban J connectivity index is 2.27. The third-order valence-corrected chi connectivity index (χ3v) is 4.66. The smallest absolute Gasteiger partial charge is 0.310 e. The van der Waals surface area contributed by atoms with Crippen molar-refractivity contribution in [2.24, 2.45) is 0 Å². The van der Waals surface area contributed by atoms with E-state index in [0.717, 1.165) is 37.7 Å². The number of esters is 1. The first-order chi connectivity index (χ1) is 9.96. The lowest BCUT2D eigenvalue weighted by Gasteiger charge is -2.33. The number of rotatable bonds is 4. The molecule has 2 rings (SSSR count). The van der Waals surface area contributed by atoms with Gasteiger partial charge in [0, 0.05) is 5.56 Å². The number of alkyl halides is 1. The van der Waals surface area contributed by atoms with Crippen molar-refractivity contribution >= 4 is 17.6 Å². The fraction of sp³-hybridized carbons (Fsp3) is 0.588. The number of benzene rings is 1. The van der Waals surface area contributed by atoms with Gasteiger partial charge in [-0.05, 0) is 43.9 Å². The Labute approximate surface area is 130 Å². The molecule has 1 aromatic rings. The molecule has 4 heteroatoms. The monoisotopic (exact) mass is 312 g/mol. The highest BCUT2D eigenvalue weighted by atomic mass is 35.5. The summed E-state index contributed by atoms with van der Waals surface area (Å²) in [6, 6.07) is 3.28. The molecule has 1 fully saturated rings. The van der Waals surface area contributed by atoms with E-state index in [1.165, 1.54) is 6.07 Å². The number of aryl methyl sites for hydroxylation is 1. The fourth-order valence-electron chi connectivity index (χ4n) is 3.23. The molecule has 0 aliphatic heterocycles. The first kappa shape index (κ1) is 16.3. The van der Waals surface area contributed by atoms with Gasteiger partial charge >= 0.3 is 5.97 Å². The summed E-state index contributed by atoms with van der Waals surface area (Å²) in [5, 5.41) is 0. The predicted octanol–water partition coefficient (Wildman–Crippen LogP) is 4.64. The van der Waals surface area contributed by atoms with Crippen LogP contribution in [-0.4, -0.2) is 12.6 Å². The minimum absolute atomic E-state index is 0.0984. The Morgan fingerprint density at radius 1 is 1.33 bits per heavy atom. The van der Waals surface area contributed by atoms with Gasteiger partial charge < -0.3 is 4.74 Å². The predicted molar refractivity (Wildman–Crippen MR) is 82.1 cm³/mol. The van der Waals surface area contributed by atoms with Crippen molar-refractivity contribution in [3.05, 3.63) is 34.6 Å². The fourth-order valence-corrected chi connectivity index (χ4v) is 3.73. The lowest BCUT2D eigenvalue weighted by Crippen LogP contribution is -2.25. The molecule has 0 bridgehead atoms. The van der Waals surface area contributed by atoms with Crippen LogP contribution in [0.3, 0.4) is 0 Å². The van der Waals surface area contributed by atoms with Crippen molar-refractivity contribution in [2.45, 2.75) is 57.2 Å². The van der Waals surface area contributed by atoms with E-state index in [1.807, 2.05) is 13.0 Å². The molecular weight excluding hydrogens is 291 g/mol. The maximum Gasteiger partial charge on any atom is 0.310 e. The van der Waals surface area contributed by atoms with Crippen LogP contribution in [0.4, 0.5) is 4.39 Å². The second kappa shape index (κ2) is 6.78. The third kappa shape index (κ3) is 3.76. The summed E-state index contributed by atoms with van der Waals surface area (Å²) < 4.78 is 19.4. The van der Waals surface area contributed by atoms with Crippen LogP contribution in [0.25, 0.3) is 0 Å². The first-order valence-electron chi connectivity index (χ1n) is 7.60. The number of hydrogen-bond donors (Lipinski definition) is 0. The normalized spacial score (nSPS) is 17.5. The molecule has 0 unspecified atom stereocenters. The van der Waals surface area contributed by atoms with Crippen LogP contribution in [0.5, 0.6) is 0 Å². The van der Waals surface area contributed by atoms with Crippen molar-refractivity contribution in [3.8, 4) is 0 Å². The molecule has 116 valence electrons. The molecule has 0 atom stereocenters. The van der Waals surface area contributed by atoms with Crippen LogP contribution in [0.1, 0.15) is 55.7 Å². The van der Waals surface area contributed by atoms with E-state index in [2.05, 4.69) is 0 Å². The van der Waals surface area contributed by atoms with Gasteiger partial charge in [-0.1, -0.05) is 25.3 Å². The van der Waals surface area contributed by atoms with Gasteiger partial charge in [0.1, 0.15) is 5.82 Å². The molecule has 1 aliphatic carbocycles. The zero-order valence-corrected chi connectivity index (χ0v) is 13.4. The molecule has 0 N–H and O–H groups in total. The van der Waals surface area contributed by atoms with Gasteiger partial charge in [-0.15, -0.1) is 11.6 Å². The van der Waals surface area contributed by atoms with Crippen LogP contribution < -0.4 is 0 Å². The summed E-state index contributed by atoms with van der Waals surface area (Å²) in [7, 11) is 0. The number of hydrogen-bond acceptors (Lipinski definition) is 2. The number of ether oxygens (including phenoxy) is 1. The van der Waals surface area contributed by atoms with E-state index in [9.17, 15) is 9.18 Å². The lowest BCUT2D eigenvalue weighted by molar-refractivity contribution is -0.142. The van der Waals surface area contributed by atoms with E-state index < -0.39 is 4.87 Å². The highest BCUT2D eigenvalue weighted by Crippen LogP contribution is 2.45. The molecule has 0 heterocycles. The molecule has 1 aliphatic rings. The minimum atomic E-state index is -0.588. The zero-order chi connectivity index (χ0) is 15.5. The highest BCUT2D eigenvalue weighted by Gasteiger charge is 2.35. The summed E-state index contributed by atoms with van der Waals surface area (Å²) in [5.41, 5.74) is 2.07. The largest absolute Gasteiger partial charge is 0.466 e. The van der Waals surface area contributed by atoms with E-state index in [0.29, 0.717) is 17.7 Å². The van der Waals surface area contributed by atoms with Gasteiger partial charge in [-0.2, -0.15) is 0 Å². The van der Waals surface area contributed by atoms with Crippen molar-refractivity contribution in [1.29, 1.82) is 0 Å². The highest BCUT2D eigenvalue weighted by molar-refractivity contribution is 6.24. The Kier molecular flexibility index (Phi) is 5.26. The summed E-state index contributed by atoms with van der Waals surface area (Å²) >= 11 is 6.69. The van der Waals surface area contributed by atoms with Crippen molar-refractivity contribution < 1.29 is 13.9 Å². The van der Waals surface area contributed by atoms with Crippen LogP contribution in [-0.2, 0) is 20.8 Å². The van der Waals surface area contributed by atoms with E-state index >= 15 is 0 Å². The van der Waals surface area contributed by atoms with Gasteiger partial charge in [-0.25, -0.2) is 4.39 Å². The first-order valence-corrected chi connectivity index (χ1v) is 7.98. The standard InChI is InChI=1S/C17H22ClFO2/c1-3-21-15(20)11-13-9-12(2)16(14(19)10-13)17(18)7-5-4-6-8-17/h9-10H,3-8,11H2,1-2H3. The van der Waals surface area contributed by atoms with Gasteiger partial charge in [0.2, 0.25) is 0 Å². The summed E-state index contributed by atoms with van der Waals surface area (Å²) in [6.45, 7) is 3.96. The maximum atomic E-state index is 14.5. The van der Waals surface area contributed by atoms with Crippen molar-refractivity contribution in [1.82, 2.24) is 0 Å². The number of carbonyl (C=O) groups excluding carboxylic acids is 1. The van der Waals surface area contributed by atoms with Crippen LogP contribution in [0, 0.1) is 12.7 Å². The minimum Gasteiger partial charge on any atom is -0.466 e. The van der Waals surface area contributed by atoms with Crippen LogP contribution in [0.2, 0.25) is 0 Å². The van der Waals surface area contributed by atoms with Crippen LogP contribution >= 0.6 is 11.6 Å². The molecule has 0 amide bonds. The van der Waals surface area contributed by atoms with E-state index in [4.69, 9.17) is 16.3 Å². The molecule has 0 spiro atoms. The van der Waals surface area contributed by atoms with Crippen LogP contribution in [0.15, 0.2) is 12.1 Å². The van der Waals surface area contributed by atoms with Gasteiger partial charge in [0.25, 0.3) is 0 Å². The van der Waals surface area contributed by atoms with Gasteiger partial charge in [0.05, 0.1) is 17.9 Å². The summed E-state index contributed by atoms with van der Waals surface area (Å²) in [6.07, 6.45) is 4.95. The molecule has 2 nitrogen and oxygen atoms in total. The second-order valence-corrected chi connectivity index (χ2v) is 6.50.